The Bertz CT molecular complexity index is 485. The molecule has 1 aromatic rings. The largest absolute Gasteiger partial charge is 0.373 e. The number of pyridine rings is 1. The molecule has 0 aliphatic carbocycles. The molecular weight excluding hydrogens is 250 g/mol. The minimum absolute atomic E-state index is 0.136. The normalized spacial score (nSPS) is 19.2. The van der Waals surface area contributed by atoms with E-state index in [9.17, 15) is 4.79 Å². The summed E-state index contributed by atoms with van der Waals surface area (Å²) in [6, 6.07) is 3.79. The quantitative estimate of drug-likeness (QED) is 0.922. The molecule has 0 spiro atoms. The molecule has 1 aliphatic heterocycles. The summed E-state index contributed by atoms with van der Waals surface area (Å²) < 4.78 is 0. The highest BCUT2D eigenvalue weighted by Gasteiger charge is 2.23. The van der Waals surface area contributed by atoms with Gasteiger partial charge in [-0.1, -0.05) is 20.8 Å². The lowest BCUT2D eigenvalue weighted by atomic mass is 9.99. The van der Waals surface area contributed by atoms with Crippen LogP contribution >= 0.6 is 0 Å². The zero-order chi connectivity index (χ0) is 14.7. The molecular formula is C16H25N3O. The van der Waals surface area contributed by atoms with Crippen molar-refractivity contribution in [2.24, 2.45) is 5.92 Å². The van der Waals surface area contributed by atoms with Crippen LogP contribution in [0.25, 0.3) is 0 Å². The second-order valence-electron chi connectivity index (χ2n) is 6.07. The van der Waals surface area contributed by atoms with Crippen LogP contribution in [0.5, 0.6) is 0 Å². The number of aromatic nitrogens is 1. The first-order chi connectivity index (χ1) is 9.51. The van der Waals surface area contributed by atoms with E-state index in [1.165, 1.54) is 6.42 Å². The Balaban J connectivity index is 2.26. The van der Waals surface area contributed by atoms with E-state index in [0.29, 0.717) is 11.8 Å². The second kappa shape index (κ2) is 6.25. The van der Waals surface area contributed by atoms with Gasteiger partial charge in [0.05, 0.1) is 0 Å². The maximum absolute atomic E-state index is 12.7. The Hall–Kier alpha value is -1.58. The van der Waals surface area contributed by atoms with Crippen LogP contribution in [-0.4, -0.2) is 35.9 Å². The molecule has 0 saturated carbocycles. The third-order valence-electron chi connectivity index (χ3n) is 3.88. The van der Waals surface area contributed by atoms with Crippen molar-refractivity contribution in [1.82, 2.24) is 9.88 Å². The monoisotopic (exact) mass is 275 g/mol. The first-order valence-corrected chi connectivity index (χ1v) is 7.50. The van der Waals surface area contributed by atoms with E-state index in [1.54, 1.807) is 0 Å². The van der Waals surface area contributed by atoms with Crippen molar-refractivity contribution in [3.05, 3.63) is 23.4 Å². The minimum Gasteiger partial charge on any atom is -0.373 e. The molecule has 1 saturated heterocycles. The van der Waals surface area contributed by atoms with E-state index in [0.717, 1.165) is 36.6 Å². The Labute approximate surface area is 121 Å². The van der Waals surface area contributed by atoms with Gasteiger partial charge in [0.15, 0.2) is 0 Å². The van der Waals surface area contributed by atoms with E-state index >= 15 is 0 Å². The molecule has 0 radical (unpaired) electrons. The zero-order valence-electron chi connectivity index (χ0n) is 12.9. The van der Waals surface area contributed by atoms with Gasteiger partial charge in [0.2, 0.25) is 0 Å². The maximum atomic E-state index is 12.7. The van der Waals surface area contributed by atoms with Crippen LogP contribution in [0.4, 0.5) is 5.82 Å². The van der Waals surface area contributed by atoms with E-state index in [2.05, 4.69) is 31.1 Å². The van der Waals surface area contributed by atoms with Crippen LogP contribution in [0.15, 0.2) is 12.1 Å². The number of hydrogen-bond donors (Lipinski definition) is 1. The predicted molar refractivity (Wildman–Crippen MR) is 82.2 cm³/mol. The molecule has 1 N–H and O–H groups in total. The first-order valence-electron chi connectivity index (χ1n) is 7.50. The Morgan fingerprint density at radius 3 is 2.80 bits per heavy atom. The SMILES string of the molecule is CNc1cc(C(=O)N2CCCC(C)C2)cc(C(C)C)n1. The molecule has 1 aliphatic rings. The molecule has 1 aromatic heterocycles. The number of hydrogen-bond acceptors (Lipinski definition) is 3. The fourth-order valence-corrected chi connectivity index (χ4v) is 2.66. The summed E-state index contributed by atoms with van der Waals surface area (Å²) >= 11 is 0. The van der Waals surface area contributed by atoms with Crippen LogP contribution in [0, 0.1) is 5.92 Å². The lowest BCUT2D eigenvalue weighted by molar-refractivity contribution is 0.0683. The average molecular weight is 275 g/mol. The van der Waals surface area contributed by atoms with Gasteiger partial charge in [0, 0.05) is 31.4 Å². The number of likely N-dealkylation sites (tertiary alicyclic amines) is 1. The Morgan fingerprint density at radius 2 is 2.20 bits per heavy atom. The number of nitrogens with one attached hydrogen (secondary N) is 1. The summed E-state index contributed by atoms with van der Waals surface area (Å²) in [5.41, 5.74) is 1.72. The molecule has 1 atom stereocenters. The molecule has 110 valence electrons. The second-order valence-corrected chi connectivity index (χ2v) is 6.07. The van der Waals surface area contributed by atoms with Crippen molar-refractivity contribution in [2.45, 2.75) is 39.5 Å². The van der Waals surface area contributed by atoms with Gasteiger partial charge in [0.1, 0.15) is 5.82 Å². The van der Waals surface area contributed by atoms with E-state index in [-0.39, 0.29) is 5.91 Å². The Kier molecular flexibility index (Phi) is 4.63. The smallest absolute Gasteiger partial charge is 0.254 e. The van der Waals surface area contributed by atoms with Crippen molar-refractivity contribution < 1.29 is 4.79 Å². The third-order valence-corrected chi connectivity index (χ3v) is 3.88. The average Bonchev–Trinajstić information content (AvgIpc) is 2.45. The van der Waals surface area contributed by atoms with Gasteiger partial charge in [-0.25, -0.2) is 4.98 Å². The summed E-state index contributed by atoms with van der Waals surface area (Å²) in [5, 5.41) is 3.05. The topological polar surface area (TPSA) is 45.2 Å². The van der Waals surface area contributed by atoms with Crippen LogP contribution < -0.4 is 5.32 Å². The number of amides is 1. The molecule has 0 aromatic carbocycles. The van der Waals surface area contributed by atoms with Crippen molar-refractivity contribution in [3.63, 3.8) is 0 Å². The maximum Gasteiger partial charge on any atom is 0.254 e. The number of carbonyl (C=O) groups is 1. The van der Waals surface area contributed by atoms with Crippen molar-refractivity contribution in [3.8, 4) is 0 Å². The first kappa shape index (κ1) is 14.8. The molecule has 20 heavy (non-hydrogen) atoms. The van der Waals surface area contributed by atoms with Gasteiger partial charge in [-0.2, -0.15) is 0 Å². The van der Waals surface area contributed by atoms with Gasteiger partial charge >= 0.3 is 0 Å². The van der Waals surface area contributed by atoms with E-state index in [4.69, 9.17) is 0 Å². The van der Waals surface area contributed by atoms with Crippen LogP contribution in [0.2, 0.25) is 0 Å². The molecule has 4 nitrogen and oxygen atoms in total. The predicted octanol–water partition coefficient (Wildman–Crippen LogP) is 3.12. The Morgan fingerprint density at radius 1 is 1.45 bits per heavy atom. The summed E-state index contributed by atoms with van der Waals surface area (Å²) in [6.45, 7) is 8.15. The highest BCUT2D eigenvalue weighted by molar-refractivity contribution is 5.95. The van der Waals surface area contributed by atoms with Gasteiger partial charge in [-0.15, -0.1) is 0 Å². The van der Waals surface area contributed by atoms with Crippen LogP contribution in [-0.2, 0) is 0 Å². The number of nitrogens with zero attached hydrogens (tertiary/aromatic N) is 2. The van der Waals surface area contributed by atoms with Crippen molar-refractivity contribution >= 4 is 11.7 Å². The summed E-state index contributed by atoms with van der Waals surface area (Å²) in [7, 11) is 1.84. The fourth-order valence-electron chi connectivity index (χ4n) is 2.66. The van der Waals surface area contributed by atoms with Crippen LogP contribution in [0.1, 0.15) is 55.6 Å². The molecule has 2 rings (SSSR count). The number of carbonyl (C=O) groups excluding carboxylic acids is 1. The molecule has 1 fully saturated rings. The molecule has 4 heteroatoms. The summed E-state index contributed by atoms with van der Waals surface area (Å²) in [5.74, 6) is 1.82. The summed E-state index contributed by atoms with van der Waals surface area (Å²) in [6.07, 6.45) is 2.33. The molecule has 0 bridgehead atoms. The van der Waals surface area contributed by atoms with E-state index < -0.39 is 0 Å². The van der Waals surface area contributed by atoms with Crippen molar-refractivity contribution in [2.75, 3.05) is 25.5 Å². The lowest BCUT2D eigenvalue weighted by Gasteiger charge is -2.31. The fraction of sp³-hybridized carbons (Fsp3) is 0.625. The minimum atomic E-state index is 0.136. The number of piperidine rings is 1. The van der Waals surface area contributed by atoms with Crippen LogP contribution in [0.3, 0.4) is 0 Å². The molecule has 2 heterocycles. The van der Waals surface area contributed by atoms with Gasteiger partial charge < -0.3 is 10.2 Å². The highest BCUT2D eigenvalue weighted by atomic mass is 16.2. The van der Waals surface area contributed by atoms with Gasteiger partial charge in [-0.05, 0) is 36.8 Å². The summed E-state index contributed by atoms with van der Waals surface area (Å²) in [4.78, 5) is 19.1. The zero-order valence-corrected chi connectivity index (χ0v) is 12.9. The molecule has 1 amide bonds. The number of anilines is 1. The van der Waals surface area contributed by atoms with Gasteiger partial charge in [0.25, 0.3) is 5.91 Å². The van der Waals surface area contributed by atoms with E-state index in [1.807, 2.05) is 24.1 Å². The third kappa shape index (κ3) is 3.30. The lowest BCUT2D eigenvalue weighted by Crippen LogP contribution is -2.39. The molecule has 1 unspecified atom stereocenters. The number of rotatable bonds is 3. The standard InChI is InChI=1S/C16H25N3O/c1-11(2)14-8-13(9-15(17-4)18-14)16(20)19-7-5-6-12(3)10-19/h8-9,11-12H,5-7,10H2,1-4H3,(H,17,18). The van der Waals surface area contributed by atoms with Gasteiger partial charge in [-0.3, -0.25) is 4.79 Å². The highest BCUT2D eigenvalue weighted by Crippen LogP contribution is 2.21. The van der Waals surface area contributed by atoms with Crippen molar-refractivity contribution in [1.29, 1.82) is 0 Å².